The third kappa shape index (κ3) is 3.69. The third-order valence-electron chi connectivity index (χ3n) is 6.09. The zero-order valence-corrected chi connectivity index (χ0v) is 17.6. The average molecular weight is 396 g/mol. The van der Waals surface area contributed by atoms with Gasteiger partial charge >= 0.3 is 0 Å². The Morgan fingerprint density at radius 2 is 1.63 bits per heavy atom. The molecule has 0 heterocycles. The Morgan fingerprint density at radius 1 is 0.933 bits per heavy atom. The maximum absolute atomic E-state index is 9.57. The van der Waals surface area contributed by atoms with E-state index in [9.17, 15) is 5.26 Å². The minimum absolute atomic E-state index is 0.293. The van der Waals surface area contributed by atoms with Crippen LogP contribution in [0.2, 0.25) is 0 Å². The van der Waals surface area contributed by atoms with Crippen LogP contribution in [0.4, 0.5) is 0 Å². The predicted octanol–water partition coefficient (Wildman–Crippen LogP) is 5.93. The number of nitriles is 1. The molecule has 0 saturated heterocycles. The van der Waals surface area contributed by atoms with Gasteiger partial charge < -0.3 is 9.47 Å². The number of allylic oxidation sites excluding steroid dienone is 2. The van der Waals surface area contributed by atoms with Gasteiger partial charge in [0, 0.05) is 5.92 Å². The second-order valence-electron chi connectivity index (χ2n) is 7.66. The molecule has 0 N–H and O–H groups in total. The van der Waals surface area contributed by atoms with Gasteiger partial charge in [0.25, 0.3) is 0 Å². The van der Waals surface area contributed by atoms with Gasteiger partial charge in [-0.1, -0.05) is 42.0 Å². The quantitative estimate of drug-likeness (QED) is 0.537. The van der Waals surface area contributed by atoms with Crippen LogP contribution in [-0.4, -0.2) is 14.2 Å². The normalized spacial score (nSPS) is 15.3. The summed E-state index contributed by atoms with van der Waals surface area (Å²) < 4.78 is 10.8. The van der Waals surface area contributed by atoms with Gasteiger partial charge in [0.15, 0.2) is 0 Å². The van der Waals surface area contributed by atoms with E-state index in [1.807, 2.05) is 36.4 Å². The fourth-order valence-corrected chi connectivity index (χ4v) is 4.35. The van der Waals surface area contributed by atoms with Gasteiger partial charge in [-0.25, -0.2) is 0 Å². The molecule has 1 unspecified atom stereocenters. The molecule has 0 aliphatic heterocycles. The number of fused-ring (bicyclic) bond motifs is 1. The van der Waals surface area contributed by atoms with Crippen LogP contribution in [0, 0.1) is 11.3 Å². The summed E-state index contributed by atoms with van der Waals surface area (Å²) >= 11 is 0. The van der Waals surface area contributed by atoms with E-state index >= 15 is 0 Å². The summed E-state index contributed by atoms with van der Waals surface area (Å²) in [6.07, 6.45) is 1.67. The molecule has 1 aliphatic rings. The molecule has 4 rings (SSSR count). The third-order valence-corrected chi connectivity index (χ3v) is 6.09. The number of nitrogens with zero attached hydrogens (tertiary/aromatic N) is 1. The molecular formula is C27H25NO2. The Bertz CT molecular complexity index is 1140. The highest BCUT2D eigenvalue weighted by Crippen LogP contribution is 2.43. The van der Waals surface area contributed by atoms with Crippen molar-refractivity contribution < 1.29 is 9.47 Å². The second-order valence-corrected chi connectivity index (χ2v) is 7.66. The van der Waals surface area contributed by atoms with E-state index in [0.29, 0.717) is 5.92 Å². The molecule has 0 amide bonds. The second kappa shape index (κ2) is 8.47. The first-order valence-corrected chi connectivity index (χ1v) is 10.1. The molecule has 0 saturated carbocycles. The van der Waals surface area contributed by atoms with E-state index in [1.165, 1.54) is 27.8 Å². The van der Waals surface area contributed by atoms with Crippen molar-refractivity contribution in [1.29, 1.82) is 5.26 Å². The average Bonchev–Trinajstić information content (AvgIpc) is 2.80. The largest absolute Gasteiger partial charge is 0.497 e. The first kappa shape index (κ1) is 19.8. The summed E-state index contributed by atoms with van der Waals surface area (Å²) in [6.45, 7) is 2.22. The molecule has 3 nitrogen and oxygen atoms in total. The summed E-state index contributed by atoms with van der Waals surface area (Å²) in [5, 5.41) is 9.57. The Balaban J connectivity index is 1.83. The zero-order valence-electron chi connectivity index (χ0n) is 17.6. The van der Waals surface area contributed by atoms with Crippen LogP contribution < -0.4 is 9.47 Å². The number of hydrogen-bond donors (Lipinski definition) is 0. The van der Waals surface area contributed by atoms with E-state index in [2.05, 4.69) is 43.3 Å². The molecular weight excluding hydrogens is 370 g/mol. The standard InChI is InChI=1S/C27H25NO2/c1-18-25(19-8-11-23(29-2)12-9-19)15-21-10-13-24(30-3)16-27(21)26(18)14-20-6-4-5-7-22(20)17-28/h4-13,16,25H,14-15H2,1-3H3. The van der Waals surface area contributed by atoms with Gasteiger partial charge in [-0.2, -0.15) is 5.26 Å². The Hall–Kier alpha value is -3.51. The Kier molecular flexibility index (Phi) is 5.59. The van der Waals surface area contributed by atoms with Crippen LogP contribution >= 0.6 is 0 Å². The molecule has 1 aliphatic carbocycles. The van der Waals surface area contributed by atoms with Crippen LogP contribution in [0.5, 0.6) is 11.5 Å². The van der Waals surface area contributed by atoms with Crippen LogP contribution in [0.3, 0.4) is 0 Å². The lowest BCUT2D eigenvalue weighted by atomic mass is 9.74. The summed E-state index contributed by atoms with van der Waals surface area (Å²) in [4.78, 5) is 0. The molecule has 0 fully saturated rings. The number of ether oxygens (including phenoxy) is 2. The number of rotatable bonds is 5. The molecule has 0 aromatic heterocycles. The van der Waals surface area contributed by atoms with Gasteiger partial charge in [0.2, 0.25) is 0 Å². The highest BCUT2D eigenvalue weighted by Gasteiger charge is 2.27. The fourth-order valence-electron chi connectivity index (χ4n) is 4.35. The lowest BCUT2D eigenvalue weighted by molar-refractivity contribution is 0.414. The van der Waals surface area contributed by atoms with Gasteiger partial charge in [0.05, 0.1) is 25.9 Å². The lowest BCUT2D eigenvalue weighted by Crippen LogP contribution is -2.15. The first-order chi connectivity index (χ1) is 14.6. The number of methoxy groups -OCH3 is 2. The van der Waals surface area contributed by atoms with E-state index in [1.54, 1.807) is 14.2 Å². The number of benzene rings is 3. The van der Waals surface area contributed by atoms with Crippen molar-refractivity contribution in [3.63, 3.8) is 0 Å². The Labute approximate surface area is 178 Å². The predicted molar refractivity (Wildman–Crippen MR) is 120 cm³/mol. The van der Waals surface area contributed by atoms with Crippen molar-refractivity contribution in [3.05, 3.63) is 100 Å². The summed E-state index contributed by atoms with van der Waals surface area (Å²) in [5.74, 6) is 2.01. The molecule has 1 atom stereocenters. The van der Waals surface area contributed by atoms with E-state index in [0.717, 1.165) is 35.5 Å². The van der Waals surface area contributed by atoms with Gasteiger partial charge in [0.1, 0.15) is 11.5 Å². The van der Waals surface area contributed by atoms with Gasteiger partial charge in [-0.05, 0) is 77.9 Å². The highest BCUT2D eigenvalue weighted by molar-refractivity contribution is 5.77. The van der Waals surface area contributed by atoms with Crippen LogP contribution in [0.25, 0.3) is 5.57 Å². The fraction of sp³-hybridized carbons (Fsp3) is 0.222. The zero-order chi connectivity index (χ0) is 21.1. The molecule has 3 aromatic carbocycles. The van der Waals surface area contributed by atoms with Gasteiger partial charge in [-0.15, -0.1) is 0 Å². The molecule has 0 spiro atoms. The molecule has 3 heteroatoms. The molecule has 150 valence electrons. The van der Waals surface area contributed by atoms with E-state index in [-0.39, 0.29) is 0 Å². The van der Waals surface area contributed by atoms with E-state index < -0.39 is 0 Å². The highest BCUT2D eigenvalue weighted by atomic mass is 16.5. The van der Waals surface area contributed by atoms with E-state index in [4.69, 9.17) is 9.47 Å². The maximum Gasteiger partial charge on any atom is 0.119 e. The minimum Gasteiger partial charge on any atom is -0.497 e. The lowest BCUT2D eigenvalue weighted by Gasteiger charge is -2.30. The first-order valence-electron chi connectivity index (χ1n) is 10.1. The molecule has 0 radical (unpaired) electrons. The SMILES string of the molecule is COc1ccc(C2Cc3ccc(OC)cc3C(Cc3ccccc3C#N)=C2C)cc1. The van der Waals surface area contributed by atoms with Crippen molar-refractivity contribution in [2.24, 2.45) is 0 Å². The van der Waals surface area contributed by atoms with Crippen LogP contribution in [-0.2, 0) is 12.8 Å². The van der Waals surface area contributed by atoms with Crippen molar-refractivity contribution >= 4 is 5.57 Å². The van der Waals surface area contributed by atoms with Crippen molar-refractivity contribution in [3.8, 4) is 17.6 Å². The summed E-state index contributed by atoms with van der Waals surface area (Å²) in [6, 6.07) is 24.9. The minimum atomic E-state index is 0.293. The summed E-state index contributed by atoms with van der Waals surface area (Å²) in [7, 11) is 3.39. The Morgan fingerprint density at radius 3 is 2.33 bits per heavy atom. The monoisotopic (exact) mass is 395 g/mol. The van der Waals surface area contributed by atoms with Gasteiger partial charge in [-0.3, -0.25) is 0 Å². The molecule has 30 heavy (non-hydrogen) atoms. The van der Waals surface area contributed by atoms with Crippen LogP contribution in [0.1, 0.15) is 40.7 Å². The maximum atomic E-state index is 9.57. The van der Waals surface area contributed by atoms with Crippen molar-refractivity contribution in [1.82, 2.24) is 0 Å². The number of hydrogen-bond acceptors (Lipinski definition) is 3. The summed E-state index contributed by atoms with van der Waals surface area (Å²) in [5.41, 5.74) is 8.22. The van der Waals surface area contributed by atoms with Crippen molar-refractivity contribution in [2.75, 3.05) is 14.2 Å². The molecule has 3 aromatic rings. The smallest absolute Gasteiger partial charge is 0.119 e. The molecule has 0 bridgehead atoms. The van der Waals surface area contributed by atoms with Crippen molar-refractivity contribution in [2.45, 2.75) is 25.7 Å². The topological polar surface area (TPSA) is 42.2 Å². The van der Waals surface area contributed by atoms with Crippen LogP contribution in [0.15, 0.2) is 72.3 Å².